The molecular formula is C16H24N2O4S. The first kappa shape index (κ1) is 16.8. The molecule has 0 aromatic carbocycles. The van der Waals surface area contributed by atoms with Gasteiger partial charge in [-0.2, -0.15) is 4.31 Å². The molecule has 6 nitrogen and oxygen atoms in total. The van der Waals surface area contributed by atoms with E-state index in [1.165, 1.54) is 0 Å². The third-order valence-electron chi connectivity index (χ3n) is 4.44. The Balaban J connectivity index is 1.71. The molecule has 7 heteroatoms. The molecule has 0 amide bonds. The minimum Gasteiger partial charge on any atom is -0.374 e. The standard InChI is InChI=1S/C16H24N2O4S/c1-2-9-23(19,20)18-11-15(16-14(18)6-4-8-21-16)22-12-13-5-3-7-17-10-13/h3,5,7,10,14-16H,2,4,6,8-9,11-12H2,1H3/t14-,15+,16+/m0/s1. The maximum atomic E-state index is 12.5. The summed E-state index contributed by atoms with van der Waals surface area (Å²) in [7, 11) is -3.24. The highest BCUT2D eigenvalue weighted by Crippen LogP contribution is 2.33. The number of ether oxygens (including phenoxy) is 2. The summed E-state index contributed by atoms with van der Waals surface area (Å²) in [6.07, 6.45) is 5.48. The molecule has 3 heterocycles. The van der Waals surface area contributed by atoms with Gasteiger partial charge in [-0.1, -0.05) is 13.0 Å². The van der Waals surface area contributed by atoms with Gasteiger partial charge in [-0.15, -0.1) is 0 Å². The molecule has 128 valence electrons. The van der Waals surface area contributed by atoms with Gasteiger partial charge in [0.1, 0.15) is 6.10 Å². The van der Waals surface area contributed by atoms with Gasteiger partial charge in [0.2, 0.25) is 10.0 Å². The van der Waals surface area contributed by atoms with E-state index in [1.54, 1.807) is 16.7 Å². The summed E-state index contributed by atoms with van der Waals surface area (Å²) < 4.78 is 38.5. The molecule has 2 aliphatic rings. The van der Waals surface area contributed by atoms with Gasteiger partial charge in [0.15, 0.2) is 0 Å². The van der Waals surface area contributed by atoms with E-state index >= 15 is 0 Å². The Morgan fingerprint density at radius 3 is 3.09 bits per heavy atom. The molecule has 1 aromatic rings. The Morgan fingerprint density at radius 1 is 1.48 bits per heavy atom. The van der Waals surface area contributed by atoms with E-state index in [-0.39, 0.29) is 24.0 Å². The summed E-state index contributed by atoms with van der Waals surface area (Å²) in [5.41, 5.74) is 0.981. The van der Waals surface area contributed by atoms with E-state index in [9.17, 15) is 8.42 Å². The van der Waals surface area contributed by atoms with Crippen molar-refractivity contribution in [1.29, 1.82) is 0 Å². The van der Waals surface area contributed by atoms with Crippen LogP contribution in [0.3, 0.4) is 0 Å². The molecule has 0 unspecified atom stereocenters. The Bertz CT molecular complexity index is 608. The first-order chi connectivity index (χ1) is 11.1. The number of hydrogen-bond acceptors (Lipinski definition) is 5. The number of fused-ring (bicyclic) bond motifs is 1. The zero-order valence-corrected chi connectivity index (χ0v) is 14.2. The van der Waals surface area contributed by atoms with Gasteiger partial charge in [-0.3, -0.25) is 4.98 Å². The van der Waals surface area contributed by atoms with E-state index in [2.05, 4.69) is 4.98 Å². The molecule has 3 rings (SSSR count). The molecule has 0 saturated carbocycles. The molecule has 0 radical (unpaired) electrons. The maximum absolute atomic E-state index is 12.5. The second kappa shape index (κ2) is 7.25. The first-order valence-corrected chi connectivity index (χ1v) is 9.84. The Morgan fingerprint density at radius 2 is 2.35 bits per heavy atom. The molecule has 0 spiro atoms. The smallest absolute Gasteiger partial charge is 0.214 e. The second-order valence-corrected chi connectivity index (χ2v) is 8.18. The summed E-state index contributed by atoms with van der Waals surface area (Å²) in [6, 6.07) is 3.73. The van der Waals surface area contributed by atoms with Crippen LogP contribution in [-0.2, 0) is 26.1 Å². The molecule has 2 aliphatic heterocycles. The van der Waals surface area contributed by atoms with E-state index in [1.807, 2.05) is 19.1 Å². The van der Waals surface area contributed by atoms with E-state index in [0.717, 1.165) is 18.4 Å². The lowest BCUT2D eigenvalue weighted by Crippen LogP contribution is -2.44. The van der Waals surface area contributed by atoms with Crippen molar-refractivity contribution in [2.45, 2.75) is 51.0 Å². The van der Waals surface area contributed by atoms with Crippen LogP contribution >= 0.6 is 0 Å². The number of rotatable bonds is 6. The minimum absolute atomic E-state index is 0.0841. The number of hydrogen-bond donors (Lipinski definition) is 0. The zero-order chi connectivity index (χ0) is 16.3. The molecule has 3 atom stereocenters. The molecule has 23 heavy (non-hydrogen) atoms. The summed E-state index contributed by atoms with van der Waals surface area (Å²) in [5, 5.41) is 0. The van der Waals surface area contributed by atoms with Crippen molar-refractivity contribution >= 4 is 10.0 Å². The summed E-state index contributed by atoms with van der Waals surface area (Å²) in [6.45, 7) is 3.37. The molecule has 0 bridgehead atoms. The molecule has 0 N–H and O–H groups in total. The summed E-state index contributed by atoms with van der Waals surface area (Å²) in [5.74, 6) is 0.186. The fraction of sp³-hybridized carbons (Fsp3) is 0.688. The van der Waals surface area contributed by atoms with Crippen LogP contribution in [0, 0.1) is 0 Å². The zero-order valence-electron chi connectivity index (χ0n) is 13.4. The summed E-state index contributed by atoms with van der Waals surface area (Å²) >= 11 is 0. The van der Waals surface area contributed by atoms with Crippen LogP contribution in [0.1, 0.15) is 31.7 Å². The summed E-state index contributed by atoms with van der Waals surface area (Å²) in [4.78, 5) is 4.07. The van der Waals surface area contributed by atoms with Crippen molar-refractivity contribution < 1.29 is 17.9 Å². The number of nitrogens with zero attached hydrogens (tertiary/aromatic N) is 2. The second-order valence-electron chi connectivity index (χ2n) is 6.14. The van der Waals surface area contributed by atoms with E-state index in [4.69, 9.17) is 9.47 Å². The third kappa shape index (κ3) is 3.74. The van der Waals surface area contributed by atoms with E-state index < -0.39 is 10.0 Å². The number of aromatic nitrogens is 1. The highest BCUT2D eigenvalue weighted by molar-refractivity contribution is 7.89. The third-order valence-corrected chi connectivity index (χ3v) is 6.49. The van der Waals surface area contributed by atoms with Gasteiger partial charge in [-0.25, -0.2) is 8.42 Å². The molecule has 0 aliphatic carbocycles. The van der Waals surface area contributed by atoms with Crippen LogP contribution in [-0.4, -0.2) is 54.9 Å². The minimum atomic E-state index is -3.24. The van der Waals surface area contributed by atoms with Crippen LogP contribution in [0.2, 0.25) is 0 Å². The largest absolute Gasteiger partial charge is 0.374 e. The predicted molar refractivity (Wildman–Crippen MR) is 86.4 cm³/mol. The lowest BCUT2D eigenvalue weighted by molar-refractivity contribution is -0.0802. The van der Waals surface area contributed by atoms with Crippen LogP contribution in [0.5, 0.6) is 0 Å². The van der Waals surface area contributed by atoms with Gasteiger partial charge in [-0.05, 0) is 30.9 Å². The maximum Gasteiger partial charge on any atom is 0.214 e. The normalized spacial score (nSPS) is 28.7. The van der Waals surface area contributed by atoms with Crippen LogP contribution < -0.4 is 0 Å². The fourth-order valence-electron chi connectivity index (χ4n) is 3.40. The van der Waals surface area contributed by atoms with Crippen molar-refractivity contribution in [2.24, 2.45) is 0 Å². The first-order valence-electron chi connectivity index (χ1n) is 8.23. The molecule has 2 saturated heterocycles. The van der Waals surface area contributed by atoms with Crippen molar-refractivity contribution in [3.05, 3.63) is 30.1 Å². The SMILES string of the molecule is CCCS(=O)(=O)N1C[C@@H](OCc2cccnc2)[C@@H]2OCCC[C@@H]21. The highest BCUT2D eigenvalue weighted by atomic mass is 32.2. The lowest BCUT2D eigenvalue weighted by atomic mass is 10.0. The lowest BCUT2D eigenvalue weighted by Gasteiger charge is -2.31. The average Bonchev–Trinajstić information content (AvgIpc) is 2.94. The highest BCUT2D eigenvalue weighted by Gasteiger charge is 2.48. The van der Waals surface area contributed by atoms with Crippen molar-refractivity contribution in [3.8, 4) is 0 Å². The Labute approximate surface area is 137 Å². The van der Waals surface area contributed by atoms with Gasteiger partial charge in [0.05, 0.1) is 24.5 Å². The van der Waals surface area contributed by atoms with Crippen LogP contribution in [0.15, 0.2) is 24.5 Å². The van der Waals surface area contributed by atoms with E-state index in [0.29, 0.717) is 26.2 Å². The van der Waals surface area contributed by atoms with Gasteiger partial charge in [0.25, 0.3) is 0 Å². The van der Waals surface area contributed by atoms with Crippen molar-refractivity contribution in [3.63, 3.8) is 0 Å². The molecule has 2 fully saturated rings. The average molecular weight is 340 g/mol. The van der Waals surface area contributed by atoms with Crippen molar-refractivity contribution in [1.82, 2.24) is 9.29 Å². The van der Waals surface area contributed by atoms with Crippen LogP contribution in [0.25, 0.3) is 0 Å². The number of sulfonamides is 1. The molecular weight excluding hydrogens is 316 g/mol. The monoisotopic (exact) mass is 340 g/mol. The van der Waals surface area contributed by atoms with Crippen LogP contribution in [0.4, 0.5) is 0 Å². The fourth-order valence-corrected chi connectivity index (χ4v) is 5.16. The Hall–Kier alpha value is -1.02. The quantitative estimate of drug-likeness (QED) is 0.786. The van der Waals surface area contributed by atoms with Crippen molar-refractivity contribution in [2.75, 3.05) is 18.9 Å². The van der Waals surface area contributed by atoms with Gasteiger partial charge in [0, 0.05) is 25.5 Å². The number of pyridine rings is 1. The molecule has 1 aromatic heterocycles. The Kier molecular flexibility index (Phi) is 5.31. The van der Waals surface area contributed by atoms with Gasteiger partial charge >= 0.3 is 0 Å². The predicted octanol–water partition coefficient (Wildman–Crippen LogP) is 1.57. The van der Waals surface area contributed by atoms with Gasteiger partial charge < -0.3 is 9.47 Å². The topological polar surface area (TPSA) is 68.7 Å².